The molecular weight excluding hydrogens is 463 g/mol. The topological polar surface area (TPSA) is 104 Å². The summed E-state index contributed by atoms with van der Waals surface area (Å²) in [6, 6.07) is 9.90. The molecule has 3 rings (SSSR count). The zero-order chi connectivity index (χ0) is 25.0. The molecule has 1 N–H and O–H groups in total. The fourth-order valence-corrected chi connectivity index (χ4v) is 5.43. The van der Waals surface area contributed by atoms with Crippen molar-refractivity contribution in [1.29, 1.82) is 0 Å². The molecular formula is C24H27FN2O6S. The quantitative estimate of drug-likeness (QED) is 0.329. The van der Waals surface area contributed by atoms with Crippen LogP contribution in [0.15, 0.2) is 59.0 Å². The van der Waals surface area contributed by atoms with Gasteiger partial charge < -0.3 is 14.7 Å². The summed E-state index contributed by atoms with van der Waals surface area (Å²) in [6.07, 6.45) is 0. The number of methoxy groups -OCH3 is 1. The summed E-state index contributed by atoms with van der Waals surface area (Å²) in [4.78, 5) is 26.8. The fraction of sp³-hybridized carbons (Fsp3) is 0.333. The van der Waals surface area contributed by atoms with Crippen LogP contribution in [0.1, 0.15) is 31.0 Å². The second-order valence-corrected chi connectivity index (χ2v) is 9.56. The van der Waals surface area contributed by atoms with Crippen molar-refractivity contribution in [3.63, 3.8) is 0 Å². The summed E-state index contributed by atoms with van der Waals surface area (Å²) in [5.74, 6) is -2.99. The molecule has 1 aliphatic rings. The second-order valence-electron chi connectivity index (χ2n) is 7.62. The number of benzene rings is 2. The van der Waals surface area contributed by atoms with E-state index in [9.17, 15) is 27.5 Å². The van der Waals surface area contributed by atoms with Gasteiger partial charge in [0.05, 0.1) is 23.1 Å². The van der Waals surface area contributed by atoms with Gasteiger partial charge in [-0.1, -0.05) is 32.0 Å². The first-order chi connectivity index (χ1) is 16.2. The van der Waals surface area contributed by atoms with Crippen LogP contribution in [0.5, 0.6) is 0 Å². The van der Waals surface area contributed by atoms with Gasteiger partial charge in [0.15, 0.2) is 0 Å². The predicted octanol–water partition coefficient (Wildman–Crippen LogP) is 2.92. The first-order valence-corrected chi connectivity index (χ1v) is 12.2. The van der Waals surface area contributed by atoms with Gasteiger partial charge in [-0.25, -0.2) is 12.8 Å². The van der Waals surface area contributed by atoms with Crippen molar-refractivity contribution in [2.75, 3.05) is 33.4 Å². The van der Waals surface area contributed by atoms with Gasteiger partial charge in [-0.2, -0.15) is 4.31 Å². The lowest BCUT2D eigenvalue weighted by atomic mass is 9.95. The molecule has 34 heavy (non-hydrogen) atoms. The maximum atomic E-state index is 14.7. The summed E-state index contributed by atoms with van der Waals surface area (Å²) in [7, 11) is -2.28. The zero-order valence-corrected chi connectivity index (χ0v) is 20.0. The van der Waals surface area contributed by atoms with Crippen LogP contribution in [0.2, 0.25) is 0 Å². The van der Waals surface area contributed by atoms with Gasteiger partial charge in [0.2, 0.25) is 10.0 Å². The molecule has 1 atom stereocenters. The van der Waals surface area contributed by atoms with Gasteiger partial charge in [0.25, 0.3) is 11.7 Å². The summed E-state index contributed by atoms with van der Waals surface area (Å²) in [5.41, 5.74) is -0.0878. The number of ether oxygens (including phenoxy) is 1. The Balaban J connectivity index is 2.11. The Kier molecular flexibility index (Phi) is 7.86. The molecule has 10 heteroatoms. The number of hydrogen-bond donors (Lipinski definition) is 1. The van der Waals surface area contributed by atoms with E-state index in [0.717, 1.165) is 4.90 Å². The van der Waals surface area contributed by atoms with Gasteiger partial charge in [-0.3, -0.25) is 9.59 Å². The Morgan fingerprint density at radius 3 is 2.26 bits per heavy atom. The molecule has 8 nitrogen and oxygen atoms in total. The summed E-state index contributed by atoms with van der Waals surface area (Å²) >= 11 is 0. The molecule has 1 heterocycles. The molecule has 182 valence electrons. The number of halogens is 1. The van der Waals surface area contributed by atoms with Gasteiger partial charge in [0, 0.05) is 37.9 Å². The number of carbonyl (C=O) groups excluding carboxylic acids is 2. The minimum Gasteiger partial charge on any atom is -0.507 e. The molecule has 0 aliphatic carbocycles. The highest BCUT2D eigenvalue weighted by molar-refractivity contribution is 7.89. The number of ketones is 1. The van der Waals surface area contributed by atoms with Crippen LogP contribution in [-0.2, 0) is 24.3 Å². The van der Waals surface area contributed by atoms with Crippen molar-refractivity contribution in [3.05, 3.63) is 71.0 Å². The normalized spacial score (nSPS) is 18.1. The molecule has 0 spiro atoms. The van der Waals surface area contributed by atoms with Crippen LogP contribution in [0.25, 0.3) is 5.76 Å². The number of rotatable bonds is 9. The zero-order valence-electron chi connectivity index (χ0n) is 19.2. The van der Waals surface area contributed by atoms with Gasteiger partial charge in [-0.15, -0.1) is 0 Å². The molecule has 1 saturated heterocycles. The number of Topliss-reactive ketones (excluding diaryl/α,β-unsaturated/α-hetero) is 1. The maximum absolute atomic E-state index is 14.7. The number of carbonyl (C=O) groups is 2. The van der Waals surface area contributed by atoms with Crippen LogP contribution in [0.4, 0.5) is 4.39 Å². The Bertz CT molecular complexity index is 1210. The summed E-state index contributed by atoms with van der Waals surface area (Å²) in [5, 5.41) is 11.0. The van der Waals surface area contributed by atoms with Crippen LogP contribution in [-0.4, -0.2) is 67.8 Å². The molecule has 1 fully saturated rings. The number of amides is 1. The number of aliphatic hydroxyl groups excluding tert-OH is 1. The van der Waals surface area contributed by atoms with Crippen molar-refractivity contribution in [2.45, 2.75) is 24.8 Å². The molecule has 0 aromatic heterocycles. The maximum Gasteiger partial charge on any atom is 0.295 e. The van der Waals surface area contributed by atoms with E-state index in [2.05, 4.69) is 0 Å². The van der Waals surface area contributed by atoms with Crippen LogP contribution in [0, 0.1) is 5.82 Å². The molecule has 2 aromatic carbocycles. The molecule has 0 radical (unpaired) electrons. The lowest BCUT2D eigenvalue weighted by molar-refractivity contribution is -0.140. The molecule has 2 aromatic rings. The highest BCUT2D eigenvalue weighted by atomic mass is 32.2. The van der Waals surface area contributed by atoms with E-state index in [4.69, 9.17) is 4.74 Å². The first kappa shape index (κ1) is 25.5. The Morgan fingerprint density at radius 1 is 1.09 bits per heavy atom. The van der Waals surface area contributed by atoms with Crippen molar-refractivity contribution in [2.24, 2.45) is 0 Å². The molecule has 0 saturated carbocycles. The number of nitrogens with zero attached hydrogens (tertiary/aromatic N) is 2. The Morgan fingerprint density at radius 2 is 1.71 bits per heavy atom. The van der Waals surface area contributed by atoms with E-state index in [-0.39, 0.29) is 34.7 Å². The van der Waals surface area contributed by atoms with Crippen molar-refractivity contribution < 1.29 is 32.2 Å². The predicted molar refractivity (Wildman–Crippen MR) is 124 cm³/mol. The van der Waals surface area contributed by atoms with Crippen LogP contribution in [0.3, 0.4) is 0 Å². The number of aliphatic hydroxyl groups is 1. The molecule has 0 bridgehead atoms. The monoisotopic (exact) mass is 490 g/mol. The second kappa shape index (κ2) is 10.5. The first-order valence-electron chi connectivity index (χ1n) is 10.8. The third-order valence-electron chi connectivity index (χ3n) is 5.75. The number of hydrogen-bond acceptors (Lipinski definition) is 6. The highest BCUT2D eigenvalue weighted by Crippen LogP contribution is 2.40. The van der Waals surface area contributed by atoms with E-state index >= 15 is 0 Å². The van der Waals surface area contributed by atoms with Crippen LogP contribution >= 0.6 is 0 Å². The average molecular weight is 491 g/mol. The van der Waals surface area contributed by atoms with Crippen molar-refractivity contribution >= 4 is 27.5 Å². The summed E-state index contributed by atoms with van der Waals surface area (Å²) in [6.45, 7) is 4.18. The lowest BCUT2D eigenvalue weighted by Crippen LogP contribution is -2.33. The van der Waals surface area contributed by atoms with Gasteiger partial charge in [0.1, 0.15) is 11.6 Å². The molecule has 1 amide bonds. The average Bonchev–Trinajstić information content (AvgIpc) is 3.08. The highest BCUT2D eigenvalue weighted by Gasteiger charge is 2.46. The van der Waals surface area contributed by atoms with Crippen molar-refractivity contribution in [1.82, 2.24) is 9.21 Å². The van der Waals surface area contributed by atoms with E-state index in [0.29, 0.717) is 13.1 Å². The number of likely N-dealkylation sites (tertiary alicyclic amines) is 1. The van der Waals surface area contributed by atoms with E-state index in [1.807, 2.05) is 0 Å². The summed E-state index contributed by atoms with van der Waals surface area (Å²) < 4.78 is 46.5. The Labute approximate surface area is 198 Å². The van der Waals surface area contributed by atoms with Crippen molar-refractivity contribution in [3.8, 4) is 0 Å². The third-order valence-corrected chi connectivity index (χ3v) is 7.81. The smallest absolute Gasteiger partial charge is 0.295 e. The standard InChI is InChI=1S/C24H27FN2O6S/c1-4-26(5-2)34(31,32)17-12-10-16(11-13-17)22(28)20-21(18-8-6-7-9-19(18)25)27(14-15-33-3)24(30)23(20)29/h6-13,21,28H,4-5,14-15H2,1-3H3. The van der Waals surface area contributed by atoms with E-state index < -0.39 is 39.3 Å². The molecule has 1 unspecified atom stereocenters. The minimum absolute atomic E-state index is 0.0118. The largest absolute Gasteiger partial charge is 0.507 e. The number of sulfonamides is 1. The van der Waals surface area contributed by atoms with Gasteiger partial charge in [-0.05, 0) is 30.3 Å². The molecule has 1 aliphatic heterocycles. The van der Waals surface area contributed by atoms with Crippen LogP contribution < -0.4 is 0 Å². The third kappa shape index (κ3) is 4.61. The van der Waals surface area contributed by atoms with E-state index in [1.165, 1.54) is 53.9 Å². The lowest BCUT2D eigenvalue weighted by Gasteiger charge is -2.25. The van der Waals surface area contributed by atoms with Gasteiger partial charge >= 0.3 is 0 Å². The minimum atomic E-state index is -3.72. The Hall–Kier alpha value is -3.08. The fourth-order valence-electron chi connectivity index (χ4n) is 3.97. The van der Waals surface area contributed by atoms with E-state index in [1.54, 1.807) is 19.9 Å². The SMILES string of the molecule is CCN(CC)S(=O)(=O)c1ccc(C(O)=C2C(=O)C(=O)N(CCOC)C2c2ccccc2F)cc1.